The Balaban J connectivity index is 1.69. The Labute approximate surface area is 188 Å². The van der Waals surface area contributed by atoms with Gasteiger partial charge in [0.05, 0.1) is 13.5 Å². The van der Waals surface area contributed by atoms with Gasteiger partial charge in [-0.25, -0.2) is 18.9 Å². The van der Waals surface area contributed by atoms with Crippen molar-refractivity contribution >= 4 is 17.4 Å². The summed E-state index contributed by atoms with van der Waals surface area (Å²) in [6, 6.07) is 21.9. The van der Waals surface area contributed by atoms with Crippen molar-refractivity contribution in [1.82, 2.24) is 14.8 Å². The minimum atomic E-state index is -1.68. The van der Waals surface area contributed by atoms with Crippen LogP contribution >= 0.6 is 0 Å². The molecule has 33 heavy (non-hydrogen) atoms. The van der Waals surface area contributed by atoms with Gasteiger partial charge in [-0.3, -0.25) is 4.79 Å². The van der Waals surface area contributed by atoms with E-state index in [-0.39, 0.29) is 17.8 Å². The van der Waals surface area contributed by atoms with Crippen molar-refractivity contribution < 1.29 is 18.7 Å². The van der Waals surface area contributed by atoms with Crippen LogP contribution in [0.1, 0.15) is 16.8 Å². The number of carbonyl (C=O) groups is 2. The molecule has 0 fully saturated rings. The van der Waals surface area contributed by atoms with Crippen LogP contribution in [-0.4, -0.2) is 33.6 Å². The quantitative estimate of drug-likeness (QED) is 0.367. The number of anilines is 1. The van der Waals surface area contributed by atoms with Gasteiger partial charge in [0.2, 0.25) is 5.66 Å². The Morgan fingerprint density at radius 1 is 1.00 bits per heavy atom. The van der Waals surface area contributed by atoms with E-state index in [1.165, 1.54) is 36.1 Å². The highest BCUT2D eigenvalue weighted by Gasteiger charge is 2.50. The third-order valence-electron chi connectivity index (χ3n) is 5.62. The number of halogens is 1. The molecular formula is C25H19FN4O3. The molecule has 5 rings (SSSR count). The summed E-state index contributed by atoms with van der Waals surface area (Å²) < 4.78 is 19.9. The molecule has 1 N–H and O–H groups in total. The topological polar surface area (TPSA) is 86.1 Å². The van der Waals surface area contributed by atoms with Crippen molar-refractivity contribution in [3.63, 3.8) is 0 Å². The molecule has 1 aromatic heterocycles. The number of carbonyl (C=O) groups excluding carboxylic acids is 2. The number of aromatic nitrogens is 3. The lowest BCUT2D eigenvalue weighted by Crippen LogP contribution is -2.53. The first kappa shape index (κ1) is 20.6. The number of rotatable bonds is 5. The van der Waals surface area contributed by atoms with Gasteiger partial charge in [0, 0.05) is 22.4 Å². The second-order valence-corrected chi connectivity index (χ2v) is 7.67. The highest BCUT2D eigenvalue weighted by atomic mass is 19.1. The van der Waals surface area contributed by atoms with Gasteiger partial charge in [0.25, 0.3) is 0 Å². The SMILES string of the molecule is COC(=O)[C@]1(CC(=O)c2ccc(F)cc2)Nc2ccccc2-c2nc(-c3ccccc3)nn21. The zero-order valence-electron chi connectivity index (χ0n) is 17.7. The molecule has 2 heterocycles. The lowest BCUT2D eigenvalue weighted by molar-refractivity contribution is -0.150. The molecule has 0 amide bonds. The molecule has 8 heteroatoms. The van der Waals surface area contributed by atoms with Crippen LogP contribution in [0, 0.1) is 5.82 Å². The molecule has 0 spiro atoms. The van der Waals surface area contributed by atoms with Crippen LogP contribution in [0.15, 0.2) is 78.9 Å². The standard InChI is InChI=1S/C25H19FN4O3/c1-33-24(32)25(15-21(31)16-11-13-18(26)14-12-16)28-20-10-6-5-9-19(20)23-27-22(29-30(23)25)17-7-3-2-4-8-17/h2-14,28H,15H2,1H3/t25-/m1/s1. The number of fused-ring (bicyclic) bond motifs is 3. The fourth-order valence-corrected chi connectivity index (χ4v) is 3.99. The van der Waals surface area contributed by atoms with Crippen LogP contribution in [0.25, 0.3) is 22.8 Å². The molecule has 4 aromatic rings. The summed E-state index contributed by atoms with van der Waals surface area (Å²) in [5, 5.41) is 7.82. The van der Waals surface area contributed by atoms with E-state index in [1.807, 2.05) is 48.5 Å². The number of Topliss-reactive ketones (excluding diaryl/α,β-unsaturated/α-hetero) is 1. The van der Waals surface area contributed by atoms with Gasteiger partial charge in [0.15, 0.2) is 17.4 Å². The Morgan fingerprint density at radius 3 is 2.42 bits per heavy atom. The van der Waals surface area contributed by atoms with Crippen molar-refractivity contribution in [1.29, 1.82) is 0 Å². The molecular weight excluding hydrogens is 423 g/mol. The maximum atomic E-state index is 13.4. The zero-order valence-corrected chi connectivity index (χ0v) is 17.7. The number of nitrogens with zero attached hydrogens (tertiary/aromatic N) is 3. The predicted molar refractivity (Wildman–Crippen MR) is 120 cm³/mol. The van der Waals surface area contributed by atoms with Gasteiger partial charge in [0.1, 0.15) is 5.82 Å². The first-order chi connectivity index (χ1) is 16.0. The second-order valence-electron chi connectivity index (χ2n) is 7.67. The van der Waals surface area contributed by atoms with Crippen molar-refractivity contribution in [3.8, 4) is 22.8 Å². The van der Waals surface area contributed by atoms with Gasteiger partial charge in [-0.15, -0.1) is 5.10 Å². The summed E-state index contributed by atoms with van der Waals surface area (Å²) in [7, 11) is 1.25. The molecule has 164 valence electrons. The van der Waals surface area contributed by atoms with Crippen LogP contribution in [0.2, 0.25) is 0 Å². The molecule has 1 atom stereocenters. The highest BCUT2D eigenvalue weighted by Crippen LogP contribution is 2.41. The van der Waals surface area contributed by atoms with Crippen molar-refractivity contribution in [3.05, 3.63) is 90.2 Å². The first-order valence-corrected chi connectivity index (χ1v) is 10.3. The zero-order chi connectivity index (χ0) is 23.0. The molecule has 0 aliphatic carbocycles. The molecule has 7 nitrogen and oxygen atoms in total. The first-order valence-electron chi connectivity index (χ1n) is 10.3. The number of esters is 1. The van der Waals surface area contributed by atoms with E-state index in [0.717, 1.165) is 11.1 Å². The number of nitrogens with one attached hydrogen (secondary N) is 1. The molecule has 0 bridgehead atoms. The minimum absolute atomic E-state index is 0.269. The van der Waals surface area contributed by atoms with E-state index in [0.29, 0.717) is 17.3 Å². The second kappa shape index (κ2) is 7.98. The predicted octanol–water partition coefficient (Wildman–Crippen LogP) is 4.28. The smallest absolute Gasteiger partial charge is 0.355 e. The maximum Gasteiger partial charge on any atom is 0.355 e. The van der Waals surface area contributed by atoms with Gasteiger partial charge in [-0.05, 0) is 36.4 Å². The van der Waals surface area contributed by atoms with Gasteiger partial charge in [-0.1, -0.05) is 42.5 Å². The van der Waals surface area contributed by atoms with Crippen LogP contribution in [0.4, 0.5) is 10.1 Å². The van der Waals surface area contributed by atoms with Crippen LogP contribution in [-0.2, 0) is 15.2 Å². The average molecular weight is 442 g/mol. The molecule has 3 aromatic carbocycles. The largest absolute Gasteiger partial charge is 0.466 e. The summed E-state index contributed by atoms with van der Waals surface area (Å²) in [6.07, 6.45) is -0.315. The number of benzene rings is 3. The summed E-state index contributed by atoms with van der Waals surface area (Å²) in [5.74, 6) is -0.689. The number of ketones is 1. The Hall–Kier alpha value is -4.33. The fourth-order valence-electron chi connectivity index (χ4n) is 3.99. The Morgan fingerprint density at radius 2 is 1.70 bits per heavy atom. The number of ether oxygens (including phenoxy) is 1. The van der Waals surface area contributed by atoms with E-state index < -0.39 is 17.4 Å². The summed E-state index contributed by atoms with van der Waals surface area (Å²) in [4.78, 5) is 31.2. The molecule has 0 saturated heterocycles. The lowest BCUT2D eigenvalue weighted by Gasteiger charge is -2.37. The monoisotopic (exact) mass is 442 g/mol. The highest BCUT2D eigenvalue weighted by molar-refractivity contribution is 6.01. The van der Waals surface area contributed by atoms with E-state index in [2.05, 4.69) is 10.4 Å². The van der Waals surface area contributed by atoms with E-state index in [4.69, 9.17) is 9.72 Å². The normalized spacial score (nSPS) is 16.3. The molecule has 0 radical (unpaired) electrons. The van der Waals surface area contributed by atoms with Gasteiger partial charge in [-0.2, -0.15) is 0 Å². The van der Waals surface area contributed by atoms with Gasteiger partial charge >= 0.3 is 5.97 Å². The minimum Gasteiger partial charge on any atom is -0.466 e. The lowest BCUT2D eigenvalue weighted by atomic mass is 9.94. The number of para-hydroxylation sites is 1. The Kier molecular flexibility index (Phi) is 4.97. The van der Waals surface area contributed by atoms with Crippen molar-refractivity contribution in [2.24, 2.45) is 0 Å². The van der Waals surface area contributed by atoms with Gasteiger partial charge < -0.3 is 10.1 Å². The van der Waals surface area contributed by atoms with Crippen molar-refractivity contribution in [2.45, 2.75) is 12.1 Å². The number of methoxy groups -OCH3 is 1. The molecule has 0 saturated carbocycles. The van der Waals surface area contributed by atoms with E-state index in [1.54, 1.807) is 6.07 Å². The van der Waals surface area contributed by atoms with Crippen LogP contribution < -0.4 is 5.32 Å². The average Bonchev–Trinajstić information content (AvgIpc) is 3.31. The van der Waals surface area contributed by atoms with Crippen LogP contribution in [0.5, 0.6) is 0 Å². The summed E-state index contributed by atoms with van der Waals surface area (Å²) in [5.41, 5.74) is 0.713. The third kappa shape index (κ3) is 3.45. The maximum absolute atomic E-state index is 13.4. The van der Waals surface area contributed by atoms with E-state index in [9.17, 15) is 14.0 Å². The summed E-state index contributed by atoms with van der Waals surface area (Å²) in [6.45, 7) is 0. The third-order valence-corrected chi connectivity index (χ3v) is 5.62. The number of hydrogen-bond acceptors (Lipinski definition) is 6. The molecule has 1 aliphatic rings. The fraction of sp³-hybridized carbons (Fsp3) is 0.120. The molecule has 0 unspecified atom stereocenters. The Bertz CT molecular complexity index is 1350. The van der Waals surface area contributed by atoms with E-state index >= 15 is 0 Å². The van der Waals surface area contributed by atoms with Crippen molar-refractivity contribution in [2.75, 3.05) is 12.4 Å². The molecule has 1 aliphatic heterocycles. The number of hydrogen-bond donors (Lipinski definition) is 1. The van der Waals surface area contributed by atoms with Crippen LogP contribution in [0.3, 0.4) is 0 Å². The summed E-state index contributed by atoms with van der Waals surface area (Å²) >= 11 is 0.